The standard InChI is InChI=1S/C27H18N2.Pt/c1-2-15-28-26(14-1)24-11-5-10-23(19-24)22-9-3-7-20(17-22)18-25-12-4-8-21-13-6-16-29-27(21)25;/h1-16H,18H2;/q-2;+2. The maximum Gasteiger partial charge on any atom is 2.00 e. The molecule has 0 saturated heterocycles. The number of aromatic nitrogens is 2. The van der Waals surface area contributed by atoms with E-state index in [4.69, 9.17) is 0 Å². The van der Waals surface area contributed by atoms with Crippen molar-refractivity contribution in [1.29, 1.82) is 0 Å². The summed E-state index contributed by atoms with van der Waals surface area (Å²) in [5, 5.41) is 1.16. The first-order valence-electron chi connectivity index (χ1n) is 9.65. The number of rotatable bonds is 4. The van der Waals surface area contributed by atoms with Crippen LogP contribution in [0.25, 0.3) is 33.3 Å². The van der Waals surface area contributed by atoms with Crippen molar-refractivity contribution in [1.82, 2.24) is 9.97 Å². The van der Waals surface area contributed by atoms with Crippen LogP contribution in [-0.4, -0.2) is 9.97 Å². The Balaban J connectivity index is 0.00000218. The molecule has 2 nitrogen and oxygen atoms in total. The molecular formula is C27H18N2Pt. The third-order valence-electron chi connectivity index (χ3n) is 4.98. The maximum absolute atomic E-state index is 4.58. The van der Waals surface area contributed by atoms with Gasteiger partial charge in [0.05, 0.1) is 5.52 Å². The first kappa shape index (κ1) is 20.2. The van der Waals surface area contributed by atoms with Gasteiger partial charge in [0.25, 0.3) is 0 Å². The molecule has 0 aliphatic heterocycles. The van der Waals surface area contributed by atoms with Crippen LogP contribution in [0.15, 0.2) is 97.3 Å². The molecule has 0 atom stereocenters. The summed E-state index contributed by atoms with van der Waals surface area (Å²) in [7, 11) is 0. The van der Waals surface area contributed by atoms with Gasteiger partial charge in [0.2, 0.25) is 0 Å². The normalized spacial score (nSPS) is 10.5. The van der Waals surface area contributed by atoms with Gasteiger partial charge in [0, 0.05) is 23.5 Å². The number of fused-ring (bicyclic) bond motifs is 1. The number of hydrogen-bond acceptors (Lipinski definition) is 2. The van der Waals surface area contributed by atoms with Gasteiger partial charge < -0.3 is 0 Å². The molecule has 0 fully saturated rings. The second-order valence-electron chi connectivity index (χ2n) is 6.95. The zero-order valence-electron chi connectivity index (χ0n) is 16.2. The minimum absolute atomic E-state index is 0. The quantitative estimate of drug-likeness (QED) is 0.244. The monoisotopic (exact) mass is 565 g/mol. The molecule has 3 aromatic carbocycles. The van der Waals surface area contributed by atoms with Crippen LogP contribution in [0.3, 0.4) is 0 Å². The van der Waals surface area contributed by atoms with Crippen LogP contribution in [0.4, 0.5) is 0 Å². The number of pyridine rings is 2. The van der Waals surface area contributed by atoms with Crippen molar-refractivity contribution in [3.8, 4) is 22.4 Å². The fourth-order valence-corrected chi connectivity index (χ4v) is 3.59. The molecule has 0 saturated carbocycles. The summed E-state index contributed by atoms with van der Waals surface area (Å²) in [4.78, 5) is 9.01. The first-order valence-corrected chi connectivity index (χ1v) is 9.65. The van der Waals surface area contributed by atoms with Gasteiger partial charge in [-0.2, -0.15) is 35.9 Å². The van der Waals surface area contributed by atoms with E-state index in [0.29, 0.717) is 0 Å². The zero-order valence-corrected chi connectivity index (χ0v) is 18.4. The summed E-state index contributed by atoms with van der Waals surface area (Å²) in [5.41, 5.74) is 7.37. The molecule has 0 aliphatic rings. The van der Waals surface area contributed by atoms with Crippen molar-refractivity contribution >= 4 is 10.9 Å². The summed E-state index contributed by atoms with van der Waals surface area (Å²) in [6.07, 6.45) is 4.45. The second kappa shape index (κ2) is 9.15. The van der Waals surface area contributed by atoms with Crippen LogP contribution >= 0.6 is 0 Å². The number of nitrogens with zero attached hydrogens (tertiary/aromatic N) is 2. The maximum atomic E-state index is 4.58. The molecule has 0 aliphatic carbocycles. The molecule has 0 unspecified atom stereocenters. The molecular weight excluding hydrogens is 547 g/mol. The van der Waals surface area contributed by atoms with E-state index in [1.54, 1.807) is 6.20 Å². The van der Waals surface area contributed by atoms with E-state index in [9.17, 15) is 0 Å². The van der Waals surface area contributed by atoms with Crippen LogP contribution in [-0.2, 0) is 27.5 Å². The molecule has 146 valence electrons. The van der Waals surface area contributed by atoms with Gasteiger partial charge in [-0.25, -0.2) is 5.56 Å². The van der Waals surface area contributed by atoms with E-state index in [1.165, 1.54) is 5.56 Å². The molecule has 30 heavy (non-hydrogen) atoms. The van der Waals surface area contributed by atoms with Crippen molar-refractivity contribution in [3.63, 3.8) is 0 Å². The van der Waals surface area contributed by atoms with E-state index in [-0.39, 0.29) is 21.1 Å². The Labute approximate surface area is 190 Å². The Kier molecular flexibility index (Phi) is 6.16. The SMILES string of the molecule is [Pt+2].[c-]1c(Cc2cccc3cccnc23)cccc1-c1[c-]c(-c2ccccn2)ccc1. The fraction of sp³-hybridized carbons (Fsp3) is 0.0370. The predicted molar refractivity (Wildman–Crippen MR) is 117 cm³/mol. The van der Waals surface area contributed by atoms with E-state index in [2.05, 4.69) is 70.6 Å². The Morgan fingerprint density at radius 2 is 1.33 bits per heavy atom. The first-order chi connectivity index (χ1) is 14.4. The fourth-order valence-electron chi connectivity index (χ4n) is 3.59. The molecule has 2 aromatic heterocycles. The summed E-state index contributed by atoms with van der Waals surface area (Å²) >= 11 is 0. The summed E-state index contributed by atoms with van der Waals surface area (Å²) in [5.74, 6) is 0. The average Bonchev–Trinajstić information content (AvgIpc) is 2.80. The van der Waals surface area contributed by atoms with E-state index < -0.39 is 0 Å². The predicted octanol–water partition coefficient (Wildman–Crippen LogP) is 6.15. The average molecular weight is 566 g/mol. The number of benzene rings is 3. The Hall–Kier alpha value is -3.09. The minimum Gasteiger partial charge on any atom is -0.295 e. The zero-order chi connectivity index (χ0) is 19.5. The summed E-state index contributed by atoms with van der Waals surface area (Å²) < 4.78 is 0. The van der Waals surface area contributed by atoms with Crippen LogP contribution < -0.4 is 0 Å². The van der Waals surface area contributed by atoms with E-state index in [1.807, 2.05) is 42.6 Å². The molecule has 0 N–H and O–H groups in total. The molecule has 3 heteroatoms. The summed E-state index contributed by atoms with van der Waals surface area (Å²) in [6.45, 7) is 0. The van der Waals surface area contributed by atoms with Crippen molar-refractivity contribution < 1.29 is 21.1 Å². The Morgan fingerprint density at radius 1 is 0.600 bits per heavy atom. The Morgan fingerprint density at radius 3 is 2.20 bits per heavy atom. The van der Waals surface area contributed by atoms with Crippen LogP contribution in [0, 0.1) is 12.1 Å². The van der Waals surface area contributed by atoms with Crippen LogP contribution in [0.5, 0.6) is 0 Å². The van der Waals surface area contributed by atoms with Gasteiger partial charge in [-0.15, -0.1) is 29.3 Å². The molecule has 5 rings (SSSR count). The van der Waals surface area contributed by atoms with E-state index >= 15 is 0 Å². The topological polar surface area (TPSA) is 25.8 Å². The molecule has 2 heterocycles. The Bertz CT molecular complexity index is 1280. The van der Waals surface area contributed by atoms with Gasteiger partial charge in [0.1, 0.15) is 0 Å². The van der Waals surface area contributed by atoms with Crippen molar-refractivity contribution in [3.05, 3.63) is 121 Å². The van der Waals surface area contributed by atoms with Gasteiger partial charge in [0.15, 0.2) is 0 Å². The van der Waals surface area contributed by atoms with Gasteiger partial charge in [-0.1, -0.05) is 36.4 Å². The van der Waals surface area contributed by atoms with Gasteiger partial charge in [-0.3, -0.25) is 9.97 Å². The van der Waals surface area contributed by atoms with Crippen molar-refractivity contribution in [2.24, 2.45) is 0 Å². The van der Waals surface area contributed by atoms with Crippen LogP contribution in [0.1, 0.15) is 11.1 Å². The minimum atomic E-state index is 0. The van der Waals surface area contributed by atoms with Gasteiger partial charge in [-0.05, 0) is 24.1 Å². The molecule has 0 radical (unpaired) electrons. The molecule has 0 bridgehead atoms. The molecule has 0 spiro atoms. The number of hydrogen-bond donors (Lipinski definition) is 0. The molecule has 5 aromatic rings. The smallest absolute Gasteiger partial charge is 0.295 e. The number of para-hydroxylation sites is 1. The largest absolute Gasteiger partial charge is 2.00 e. The third-order valence-corrected chi connectivity index (χ3v) is 4.98. The van der Waals surface area contributed by atoms with Crippen molar-refractivity contribution in [2.75, 3.05) is 0 Å². The third kappa shape index (κ3) is 4.25. The van der Waals surface area contributed by atoms with Crippen molar-refractivity contribution in [2.45, 2.75) is 6.42 Å². The second-order valence-corrected chi connectivity index (χ2v) is 6.95. The molecule has 0 amide bonds. The van der Waals surface area contributed by atoms with Crippen LogP contribution in [0.2, 0.25) is 0 Å². The van der Waals surface area contributed by atoms with Gasteiger partial charge >= 0.3 is 21.1 Å². The van der Waals surface area contributed by atoms with E-state index in [0.717, 1.165) is 45.3 Å². The summed E-state index contributed by atoms with van der Waals surface area (Å²) in [6, 6.07) is 35.8.